The van der Waals surface area contributed by atoms with Crippen molar-refractivity contribution in [3.8, 4) is 5.75 Å². The molecule has 0 amide bonds. The topological polar surface area (TPSA) is 68.5 Å². The number of Topliss-reactive ketones (excluding diaryl/α,β-unsaturated/α-hetero) is 1. The van der Waals surface area contributed by atoms with Gasteiger partial charge in [-0.2, -0.15) is 0 Å². The molecular formula is C20H22N4O2. The summed E-state index contributed by atoms with van der Waals surface area (Å²) in [6, 6.07) is 9.40. The van der Waals surface area contributed by atoms with Crippen molar-refractivity contribution in [3.63, 3.8) is 0 Å². The summed E-state index contributed by atoms with van der Waals surface area (Å²) >= 11 is 0. The number of carbonyl (C=O) groups excluding carboxylic acids is 1. The van der Waals surface area contributed by atoms with Crippen LogP contribution in [0.3, 0.4) is 0 Å². The Kier molecular flexibility index (Phi) is 4.75. The molecule has 6 nitrogen and oxygen atoms in total. The van der Waals surface area contributed by atoms with E-state index in [2.05, 4.69) is 10.3 Å². The molecule has 0 unspecified atom stereocenters. The van der Waals surface area contributed by atoms with E-state index in [1.165, 1.54) is 6.92 Å². The zero-order chi connectivity index (χ0) is 18.8. The third-order valence-electron chi connectivity index (χ3n) is 4.27. The van der Waals surface area contributed by atoms with Crippen LogP contribution in [0.1, 0.15) is 29.8 Å². The number of hydrogen-bond acceptors (Lipinski definition) is 4. The Morgan fingerprint density at radius 3 is 2.69 bits per heavy atom. The van der Waals surface area contributed by atoms with Gasteiger partial charge < -0.3 is 14.6 Å². The van der Waals surface area contributed by atoms with Gasteiger partial charge in [0.15, 0.2) is 5.78 Å². The molecule has 0 spiro atoms. The van der Waals surface area contributed by atoms with Crippen molar-refractivity contribution in [2.45, 2.75) is 20.8 Å². The Hall–Kier alpha value is -3.15. The van der Waals surface area contributed by atoms with Crippen LogP contribution in [0.2, 0.25) is 0 Å². The lowest BCUT2D eigenvalue weighted by atomic mass is 10.1. The number of nitrogens with one attached hydrogen (secondary N) is 1. The Labute approximate surface area is 152 Å². The molecule has 1 aromatic heterocycles. The molecule has 1 N–H and O–H groups in total. The molecule has 3 rings (SSSR count). The van der Waals surface area contributed by atoms with Crippen LogP contribution in [0.5, 0.6) is 5.75 Å². The molecule has 1 heterocycles. The summed E-state index contributed by atoms with van der Waals surface area (Å²) in [5.74, 6) is 1.30. The van der Waals surface area contributed by atoms with E-state index in [0.717, 1.165) is 28.0 Å². The van der Waals surface area contributed by atoms with Crippen molar-refractivity contribution in [1.82, 2.24) is 9.55 Å². The molecule has 3 aromatic rings. The van der Waals surface area contributed by atoms with Crippen molar-refractivity contribution < 1.29 is 9.53 Å². The van der Waals surface area contributed by atoms with E-state index in [1.54, 1.807) is 25.6 Å². The van der Waals surface area contributed by atoms with E-state index < -0.39 is 0 Å². The van der Waals surface area contributed by atoms with Gasteiger partial charge in [0.25, 0.3) is 0 Å². The number of imidazole rings is 1. The fourth-order valence-corrected chi connectivity index (χ4v) is 2.83. The first-order valence-electron chi connectivity index (χ1n) is 8.32. The van der Waals surface area contributed by atoms with Crippen LogP contribution >= 0.6 is 0 Å². The number of aryl methyl sites for hydroxylation is 2. The van der Waals surface area contributed by atoms with Crippen LogP contribution in [0, 0.1) is 6.92 Å². The first-order valence-corrected chi connectivity index (χ1v) is 8.32. The number of rotatable bonds is 4. The average Bonchev–Trinajstić information content (AvgIpc) is 2.98. The van der Waals surface area contributed by atoms with Gasteiger partial charge in [-0.15, -0.1) is 0 Å². The van der Waals surface area contributed by atoms with E-state index >= 15 is 0 Å². The van der Waals surface area contributed by atoms with E-state index in [-0.39, 0.29) is 5.78 Å². The molecule has 0 fully saturated rings. The number of fused-ring (bicyclic) bond motifs is 1. The number of methoxy groups -OCH3 is 1. The molecule has 26 heavy (non-hydrogen) atoms. The summed E-state index contributed by atoms with van der Waals surface area (Å²) in [6.45, 7) is 5.44. The van der Waals surface area contributed by atoms with Gasteiger partial charge in [-0.1, -0.05) is 6.07 Å². The van der Waals surface area contributed by atoms with E-state index in [0.29, 0.717) is 17.1 Å². The van der Waals surface area contributed by atoms with Crippen molar-refractivity contribution in [2.75, 3.05) is 12.4 Å². The van der Waals surface area contributed by atoms with E-state index in [9.17, 15) is 4.79 Å². The molecule has 0 saturated heterocycles. The Bertz CT molecular complexity index is 1020. The number of aliphatic imine (C=N–C) groups is 1. The first kappa shape index (κ1) is 17.7. The monoisotopic (exact) mass is 350 g/mol. The molecule has 134 valence electrons. The van der Waals surface area contributed by atoms with Crippen molar-refractivity contribution >= 4 is 34.0 Å². The summed E-state index contributed by atoms with van der Waals surface area (Å²) in [7, 11) is 3.54. The minimum Gasteiger partial charge on any atom is -0.495 e. The fraction of sp³-hybridized carbons (Fsp3) is 0.250. The van der Waals surface area contributed by atoms with Gasteiger partial charge in [0, 0.05) is 12.6 Å². The Morgan fingerprint density at radius 1 is 1.23 bits per heavy atom. The standard InChI is InChI=1S/C20H22N4O2/c1-12-6-9-17-20(21-11-24(17)4)19(12)23-14(3)22-16-8-7-15(13(2)25)10-18(16)26-5/h6-11H,1-5H3,(H,22,23). The number of hydrogen-bond donors (Lipinski definition) is 1. The van der Waals surface area contributed by atoms with Gasteiger partial charge in [-0.3, -0.25) is 4.79 Å². The summed E-state index contributed by atoms with van der Waals surface area (Å²) < 4.78 is 7.37. The third-order valence-corrected chi connectivity index (χ3v) is 4.27. The van der Waals surface area contributed by atoms with Crippen molar-refractivity contribution in [2.24, 2.45) is 12.0 Å². The molecular weight excluding hydrogens is 328 g/mol. The van der Waals surface area contributed by atoms with Crippen LogP contribution in [-0.4, -0.2) is 28.3 Å². The highest BCUT2D eigenvalue weighted by Crippen LogP contribution is 2.30. The third kappa shape index (κ3) is 3.31. The van der Waals surface area contributed by atoms with Crippen LogP contribution in [0.4, 0.5) is 11.4 Å². The van der Waals surface area contributed by atoms with Gasteiger partial charge in [-0.05, 0) is 50.6 Å². The molecule has 0 atom stereocenters. The van der Waals surface area contributed by atoms with E-state index in [1.807, 2.05) is 43.7 Å². The number of aromatic nitrogens is 2. The maximum absolute atomic E-state index is 11.5. The van der Waals surface area contributed by atoms with Gasteiger partial charge in [-0.25, -0.2) is 9.98 Å². The lowest BCUT2D eigenvalue weighted by Gasteiger charge is -2.12. The smallest absolute Gasteiger partial charge is 0.159 e. The number of nitrogens with zero attached hydrogens (tertiary/aromatic N) is 3. The zero-order valence-electron chi connectivity index (χ0n) is 15.6. The highest BCUT2D eigenvalue weighted by molar-refractivity contribution is 6.01. The van der Waals surface area contributed by atoms with Crippen molar-refractivity contribution in [1.29, 1.82) is 0 Å². The van der Waals surface area contributed by atoms with Crippen LogP contribution in [0.15, 0.2) is 41.7 Å². The summed E-state index contributed by atoms with van der Waals surface area (Å²) in [6.07, 6.45) is 1.79. The first-order chi connectivity index (χ1) is 12.4. The molecule has 6 heteroatoms. The lowest BCUT2D eigenvalue weighted by Crippen LogP contribution is -2.08. The largest absolute Gasteiger partial charge is 0.495 e. The number of carbonyl (C=O) groups is 1. The SMILES string of the molecule is COc1cc(C(C)=O)ccc1NC(C)=Nc1c(C)ccc2c1ncn2C. The predicted molar refractivity (Wildman–Crippen MR) is 105 cm³/mol. The van der Waals surface area contributed by atoms with E-state index in [4.69, 9.17) is 9.73 Å². The Morgan fingerprint density at radius 2 is 2.00 bits per heavy atom. The second-order valence-corrected chi connectivity index (χ2v) is 6.25. The molecule has 0 radical (unpaired) electrons. The van der Waals surface area contributed by atoms with Crippen LogP contribution < -0.4 is 10.1 Å². The van der Waals surface area contributed by atoms with Crippen LogP contribution in [-0.2, 0) is 7.05 Å². The number of anilines is 1. The summed E-state index contributed by atoms with van der Waals surface area (Å²) in [4.78, 5) is 20.7. The normalized spacial score (nSPS) is 11.7. The Balaban J connectivity index is 1.97. The summed E-state index contributed by atoms with van der Waals surface area (Å²) in [5.41, 5.74) is 5.16. The predicted octanol–water partition coefficient (Wildman–Crippen LogP) is 4.25. The average molecular weight is 350 g/mol. The zero-order valence-corrected chi connectivity index (χ0v) is 15.6. The molecule has 0 aliphatic carbocycles. The molecule has 0 aliphatic rings. The van der Waals surface area contributed by atoms with Crippen LogP contribution in [0.25, 0.3) is 11.0 Å². The highest BCUT2D eigenvalue weighted by Gasteiger charge is 2.11. The number of ketones is 1. The second-order valence-electron chi connectivity index (χ2n) is 6.25. The number of amidine groups is 1. The quantitative estimate of drug-likeness (QED) is 0.434. The van der Waals surface area contributed by atoms with Gasteiger partial charge in [0.2, 0.25) is 0 Å². The fourth-order valence-electron chi connectivity index (χ4n) is 2.83. The second kappa shape index (κ2) is 7.00. The molecule has 2 aromatic carbocycles. The molecule has 0 aliphatic heterocycles. The van der Waals surface area contributed by atoms with Crippen molar-refractivity contribution in [3.05, 3.63) is 47.8 Å². The van der Waals surface area contributed by atoms with Gasteiger partial charge in [0.1, 0.15) is 17.1 Å². The molecule has 0 saturated carbocycles. The van der Waals surface area contributed by atoms with Gasteiger partial charge in [0.05, 0.1) is 30.3 Å². The number of benzene rings is 2. The summed E-state index contributed by atoms with van der Waals surface area (Å²) in [5, 5.41) is 3.25. The van der Waals surface area contributed by atoms with Gasteiger partial charge >= 0.3 is 0 Å². The maximum atomic E-state index is 11.5. The molecule has 0 bridgehead atoms. The maximum Gasteiger partial charge on any atom is 0.159 e. The minimum atomic E-state index is -0.00214. The number of ether oxygens (including phenoxy) is 1. The minimum absolute atomic E-state index is 0.00214. The lowest BCUT2D eigenvalue weighted by molar-refractivity contribution is 0.101. The highest BCUT2D eigenvalue weighted by atomic mass is 16.5.